The van der Waals surface area contributed by atoms with Crippen molar-refractivity contribution < 1.29 is 0 Å². The third-order valence-corrected chi connectivity index (χ3v) is 4.99. The van der Waals surface area contributed by atoms with Crippen LogP contribution in [0.3, 0.4) is 0 Å². The van der Waals surface area contributed by atoms with Crippen molar-refractivity contribution in [3.8, 4) is 0 Å². The van der Waals surface area contributed by atoms with Crippen LogP contribution < -0.4 is 5.32 Å². The number of nitrogens with one attached hydrogen (secondary N) is 1. The number of hydrogen-bond acceptors (Lipinski definition) is 1. The summed E-state index contributed by atoms with van der Waals surface area (Å²) in [6.07, 6.45) is 12.2. The summed E-state index contributed by atoms with van der Waals surface area (Å²) in [5, 5.41) is 3.77. The second-order valence-corrected chi connectivity index (χ2v) is 6.75. The standard InChI is InChI=1S/C20H33N/c1-3-15-21-20(14-13-18-7-5-6-8-18)16-19-11-9-17(4-2)10-12-19/h9-12,18,20-21H,3-8,13-16H2,1-2H3. The minimum atomic E-state index is 0.665. The Kier molecular flexibility index (Phi) is 7.29. The molecule has 0 radical (unpaired) electrons. The Labute approximate surface area is 131 Å². The number of rotatable bonds is 9. The van der Waals surface area contributed by atoms with E-state index >= 15 is 0 Å². The van der Waals surface area contributed by atoms with Crippen molar-refractivity contribution in [1.82, 2.24) is 5.32 Å². The van der Waals surface area contributed by atoms with Gasteiger partial charge in [0.15, 0.2) is 0 Å². The summed E-state index contributed by atoms with van der Waals surface area (Å²) in [6.45, 7) is 5.64. The molecule has 21 heavy (non-hydrogen) atoms. The molecule has 1 N–H and O–H groups in total. The van der Waals surface area contributed by atoms with Crippen LogP contribution in [0.2, 0.25) is 0 Å². The van der Waals surface area contributed by atoms with Crippen LogP contribution in [0.4, 0.5) is 0 Å². The van der Waals surface area contributed by atoms with E-state index in [4.69, 9.17) is 0 Å². The zero-order valence-corrected chi connectivity index (χ0v) is 14.0. The molecular weight excluding hydrogens is 254 g/mol. The molecule has 1 nitrogen and oxygen atoms in total. The first-order valence-corrected chi connectivity index (χ1v) is 9.13. The van der Waals surface area contributed by atoms with E-state index in [2.05, 4.69) is 43.4 Å². The fourth-order valence-electron chi connectivity index (χ4n) is 3.56. The summed E-state index contributed by atoms with van der Waals surface area (Å²) >= 11 is 0. The highest BCUT2D eigenvalue weighted by Crippen LogP contribution is 2.29. The van der Waals surface area contributed by atoms with Crippen LogP contribution in [0.25, 0.3) is 0 Å². The van der Waals surface area contributed by atoms with Gasteiger partial charge in [-0.2, -0.15) is 0 Å². The molecule has 0 saturated heterocycles. The molecule has 1 aromatic carbocycles. The van der Waals surface area contributed by atoms with Crippen LogP contribution >= 0.6 is 0 Å². The normalized spacial score (nSPS) is 17.2. The van der Waals surface area contributed by atoms with Crippen molar-refractivity contribution in [3.05, 3.63) is 35.4 Å². The quantitative estimate of drug-likeness (QED) is 0.664. The van der Waals surface area contributed by atoms with Gasteiger partial charge in [0, 0.05) is 6.04 Å². The molecule has 1 aliphatic carbocycles. The van der Waals surface area contributed by atoms with Gasteiger partial charge < -0.3 is 5.32 Å². The predicted octanol–water partition coefficient (Wildman–Crippen LogP) is 5.13. The van der Waals surface area contributed by atoms with Crippen LogP contribution in [0.15, 0.2) is 24.3 Å². The molecule has 2 rings (SSSR count). The molecule has 1 atom stereocenters. The lowest BCUT2D eigenvalue weighted by Crippen LogP contribution is -2.32. The topological polar surface area (TPSA) is 12.0 Å². The van der Waals surface area contributed by atoms with Gasteiger partial charge in [-0.25, -0.2) is 0 Å². The van der Waals surface area contributed by atoms with E-state index in [0.717, 1.165) is 18.9 Å². The van der Waals surface area contributed by atoms with Crippen molar-refractivity contribution in [2.45, 2.75) is 77.7 Å². The van der Waals surface area contributed by atoms with Gasteiger partial charge in [0.2, 0.25) is 0 Å². The molecule has 1 saturated carbocycles. The number of hydrogen-bond donors (Lipinski definition) is 1. The highest BCUT2D eigenvalue weighted by Gasteiger charge is 2.17. The van der Waals surface area contributed by atoms with E-state index < -0.39 is 0 Å². The summed E-state index contributed by atoms with van der Waals surface area (Å²) < 4.78 is 0. The van der Waals surface area contributed by atoms with Crippen LogP contribution in [-0.4, -0.2) is 12.6 Å². The van der Waals surface area contributed by atoms with Crippen LogP contribution in [0.5, 0.6) is 0 Å². The van der Waals surface area contributed by atoms with Gasteiger partial charge in [-0.15, -0.1) is 0 Å². The van der Waals surface area contributed by atoms with Crippen molar-refractivity contribution in [2.75, 3.05) is 6.54 Å². The Morgan fingerprint density at radius 2 is 1.71 bits per heavy atom. The lowest BCUT2D eigenvalue weighted by molar-refractivity contribution is 0.402. The first kappa shape index (κ1) is 16.5. The Balaban J connectivity index is 1.84. The molecule has 1 fully saturated rings. The number of benzene rings is 1. The van der Waals surface area contributed by atoms with E-state index in [1.165, 1.54) is 62.5 Å². The van der Waals surface area contributed by atoms with E-state index in [9.17, 15) is 0 Å². The molecular formula is C20H33N. The average Bonchev–Trinajstić information content (AvgIpc) is 3.04. The fourth-order valence-corrected chi connectivity index (χ4v) is 3.56. The minimum Gasteiger partial charge on any atom is -0.314 e. The second kappa shape index (κ2) is 9.25. The third kappa shape index (κ3) is 5.82. The van der Waals surface area contributed by atoms with Gasteiger partial charge in [-0.1, -0.05) is 63.8 Å². The molecule has 0 heterocycles. The summed E-state index contributed by atoms with van der Waals surface area (Å²) in [5.74, 6) is 1.01. The Morgan fingerprint density at radius 1 is 1.05 bits per heavy atom. The van der Waals surface area contributed by atoms with Crippen LogP contribution in [0.1, 0.15) is 69.9 Å². The van der Waals surface area contributed by atoms with Gasteiger partial charge >= 0.3 is 0 Å². The monoisotopic (exact) mass is 287 g/mol. The van der Waals surface area contributed by atoms with Crippen molar-refractivity contribution >= 4 is 0 Å². The van der Waals surface area contributed by atoms with Crippen LogP contribution in [-0.2, 0) is 12.8 Å². The van der Waals surface area contributed by atoms with Gasteiger partial charge in [-0.05, 0) is 55.7 Å². The average molecular weight is 287 g/mol. The maximum Gasteiger partial charge on any atom is 0.0108 e. The van der Waals surface area contributed by atoms with Gasteiger partial charge in [0.25, 0.3) is 0 Å². The largest absolute Gasteiger partial charge is 0.314 e. The Morgan fingerprint density at radius 3 is 2.33 bits per heavy atom. The molecule has 118 valence electrons. The molecule has 0 spiro atoms. The molecule has 1 aromatic rings. The SMILES string of the molecule is CCCNC(CCC1CCCC1)Cc1ccc(CC)cc1. The highest BCUT2D eigenvalue weighted by atomic mass is 14.9. The molecule has 1 aliphatic rings. The zero-order valence-electron chi connectivity index (χ0n) is 14.0. The van der Waals surface area contributed by atoms with E-state index in [1.54, 1.807) is 0 Å². The smallest absolute Gasteiger partial charge is 0.0108 e. The second-order valence-electron chi connectivity index (χ2n) is 6.75. The van der Waals surface area contributed by atoms with Gasteiger partial charge in [0.05, 0.1) is 0 Å². The molecule has 0 aromatic heterocycles. The molecule has 0 amide bonds. The summed E-state index contributed by atoms with van der Waals surface area (Å²) in [5.41, 5.74) is 2.94. The molecule has 1 unspecified atom stereocenters. The third-order valence-electron chi connectivity index (χ3n) is 4.99. The van der Waals surface area contributed by atoms with E-state index in [0.29, 0.717) is 6.04 Å². The van der Waals surface area contributed by atoms with Crippen LogP contribution in [0, 0.1) is 5.92 Å². The minimum absolute atomic E-state index is 0.665. The van der Waals surface area contributed by atoms with E-state index in [-0.39, 0.29) is 0 Å². The maximum atomic E-state index is 3.77. The fraction of sp³-hybridized carbons (Fsp3) is 0.700. The van der Waals surface area contributed by atoms with Gasteiger partial charge in [-0.3, -0.25) is 0 Å². The molecule has 1 heteroatoms. The lowest BCUT2D eigenvalue weighted by Gasteiger charge is -2.20. The summed E-state index contributed by atoms with van der Waals surface area (Å²) in [4.78, 5) is 0. The zero-order chi connectivity index (χ0) is 14.9. The maximum absolute atomic E-state index is 3.77. The summed E-state index contributed by atoms with van der Waals surface area (Å²) in [6, 6.07) is 9.91. The summed E-state index contributed by atoms with van der Waals surface area (Å²) in [7, 11) is 0. The van der Waals surface area contributed by atoms with E-state index in [1.807, 2.05) is 0 Å². The number of aryl methyl sites for hydroxylation is 1. The molecule has 0 bridgehead atoms. The van der Waals surface area contributed by atoms with Crippen molar-refractivity contribution in [1.29, 1.82) is 0 Å². The Bertz CT molecular complexity index is 375. The van der Waals surface area contributed by atoms with Gasteiger partial charge in [0.1, 0.15) is 0 Å². The predicted molar refractivity (Wildman–Crippen MR) is 92.8 cm³/mol. The Hall–Kier alpha value is -0.820. The molecule has 0 aliphatic heterocycles. The first-order valence-electron chi connectivity index (χ1n) is 9.13. The van der Waals surface area contributed by atoms with Crippen molar-refractivity contribution in [3.63, 3.8) is 0 Å². The van der Waals surface area contributed by atoms with Crippen molar-refractivity contribution in [2.24, 2.45) is 5.92 Å². The lowest BCUT2D eigenvalue weighted by atomic mass is 9.94. The highest BCUT2D eigenvalue weighted by molar-refractivity contribution is 5.23. The first-order chi connectivity index (χ1) is 10.3.